The van der Waals surface area contributed by atoms with E-state index in [1.807, 2.05) is 10.6 Å². The molecule has 0 spiro atoms. The molecule has 0 radical (unpaired) electrons. The average molecular weight is 398 g/mol. The Morgan fingerprint density at radius 1 is 1.80 bits per heavy atom. The fourth-order valence-corrected chi connectivity index (χ4v) is 2.99. The second kappa shape index (κ2) is 4.38. The summed E-state index contributed by atoms with van der Waals surface area (Å²) in [6.45, 7) is 0. The van der Waals surface area contributed by atoms with Crippen LogP contribution < -0.4 is 0 Å². The fourth-order valence-electron chi connectivity index (χ4n) is 0.522. The van der Waals surface area contributed by atoms with Gasteiger partial charge in [0.1, 0.15) is 0 Å². The first-order valence-electron chi connectivity index (χ1n) is 2.44. The Morgan fingerprint density at radius 3 is 2.80 bits per heavy atom. The Bertz CT molecular complexity index is 227. The van der Waals surface area contributed by atoms with Gasteiger partial charge in [0, 0.05) is 11.5 Å². The highest BCUT2D eigenvalue weighted by Crippen LogP contribution is 2.27. The topological polar surface area (TPSA) is 17.8 Å². The monoisotopic (exact) mass is 396 g/mol. The van der Waals surface area contributed by atoms with Crippen molar-refractivity contribution in [1.29, 1.82) is 0 Å². The zero-order chi connectivity index (χ0) is 7.56. The highest BCUT2D eigenvalue weighted by Gasteiger charge is 2.02. The number of alkyl halides is 1. The number of aromatic nitrogens is 2. The van der Waals surface area contributed by atoms with E-state index in [1.165, 1.54) is 0 Å². The molecular weight excluding hydrogens is 394 g/mol. The van der Waals surface area contributed by atoms with Crippen molar-refractivity contribution in [3.63, 3.8) is 0 Å². The minimum absolute atomic E-state index is 0.675. The third kappa shape index (κ3) is 2.16. The molecule has 0 aromatic carbocycles. The zero-order valence-electron chi connectivity index (χ0n) is 4.81. The maximum absolute atomic E-state index is 4.27. The van der Waals surface area contributed by atoms with Crippen molar-refractivity contribution in [3.05, 3.63) is 16.4 Å². The van der Waals surface area contributed by atoms with Crippen LogP contribution in [-0.2, 0) is 5.33 Å². The molecule has 1 aromatic rings. The van der Waals surface area contributed by atoms with Crippen molar-refractivity contribution in [1.82, 2.24) is 9.55 Å². The van der Waals surface area contributed by atoms with Crippen LogP contribution in [0.15, 0.2) is 10.7 Å². The molecule has 2 nitrogen and oxygen atoms in total. The average Bonchev–Trinajstić information content (AvgIpc) is 2.30. The maximum atomic E-state index is 4.27. The molecule has 1 aromatic heterocycles. The first-order chi connectivity index (χ1) is 4.77. The number of rotatable bonds is 2. The van der Waals surface area contributed by atoms with Crippen LogP contribution in [0, 0.1) is 0 Å². The van der Waals surface area contributed by atoms with E-state index in [9.17, 15) is 0 Å². The van der Waals surface area contributed by atoms with Crippen molar-refractivity contribution in [3.8, 4) is 0 Å². The lowest BCUT2D eigenvalue weighted by Gasteiger charge is -1.88. The molecule has 1 heterocycles. The van der Waals surface area contributed by atoms with Gasteiger partial charge in [-0.05, 0) is 38.0 Å². The minimum Gasteiger partial charge on any atom is -0.244 e. The lowest BCUT2D eigenvalue weighted by Crippen LogP contribution is -1.82. The van der Waals surface area contributed by atoms with Crippen LogP contribution in [0.1, 0.15) is 5.69 Å². The summed E-state index contributed by atoms with van der Waals surface area (Å²) in [5, 5.41) is 5.08. The molecular formula is C4H4Br2IN2P. The van der Waals surface area contributed by atoms with Crippen molar-refractivity contribution < 1.29 is 0 Å². The Morgan fingerprint density at radius 2 is 2.50 bits per heavy atom. The molecule has 56 valence electrons. The van der Waals surface area contributed by atoms with E-state index in [-0.39, 0.29) is 0 Å². The Labute approximate surface area is 90.7 Å². The summed E-state index contributed by atoms with van der Waals surface area (Å²) in [6.07, 6.45) is 2.66. The molecule has 6 heteroatoms. The van der Waals surface area contributed by atoms with Crippen LogP contribution in [-0.4, -0.2) is 9.55 Å². The lowest BCUT2D eigenvalue weighted by molar-refractivity contribution is 0.974. The second-order valence-electron chi connectivity index (χ2n) is 1.59. The molecule has 0 aliphatic heterocycles. The van der Waals surface area contributed by atoms with E-state index >= 15 is 0 Å². The molecule has 0 aliphatic rings. The molecule has 0 saturated heterocycles. The van der Waals surface area contributed by atoms with Crippen molar-refractivity contribution >= 4 is 60.3 Å². The van der Waals surface area contributed by atoms with Gasteiger partial charge in [-0.2, -0.15) is 5.10 Å². The Kier molecular flexibility index (Phi) is 4.12. The van der Waals surface area contributed by atoms with Crippen LogP contribution in [0.5, 0.6) is 0 Å². The van der Waals surface area contributed by atoms with E-state index in [4.69, 9.17) is 0 Å². The molecule has 0 amide bonds. The first kappa shape index (κ1) is 9.42. The lowest BCUT2D eigenvalue weighted by atomic mass is 10.5. The van der Waals surface area contributed by atoms with Gasteiger partial charge in [0.25, 0.3) is 0 Å². The van der Waals surface area contributed by atoms with Crippen LogP contribution in [0.25, 0.3) is 0 Å². The smallest absolute Gasteiger partial charge is 0.0875 e. The summed E-state index contributed by atoms with van der Waals surface area (Å²) in [6, 6.07) is 0. The van der Waals surface area contributed by atoms with Gasteiger partial charge < -0.3 is 0 Å². The molecule has 0 N–H and O–H groups in total. The fraction of sp³-hybridized carbons (Fsp3) is 0.250. The number of hydrogen-bond donors (Lipinski definition) is 0. The summed E-state index contributed by atoms with van der Waals surface area (Å²) in [5.74, 6) is 0. The van der Waals surface area contributed by atoms with E-state index in [0.29, 0.717) is 6.37 Å². The van der Waals surface area contributed by atoms with Crippen LogP contribution >= 0.6 is 60.3 Å². The predicted octanol–water partition coefficient (Wildman–Crippen LogP) is 3.33. The number of nitrogens with zero attached hydrogens (tertiary/aromatic N) is 2. The zero-order valence-corrected chi connectivity index (χ0v) is 11.1. The van der Waals surface area contributed by atoms with Gasteiger partial charge in [-0.15, -0.1) is 0 Å². The van der Waals surface area contributed by atoms with Gasteiger partial charge >= 0.3 is 0 Å². The van der Waals surface area contributed by atoms with Gasteiger partial charge in [0.15, 0.2) is 0 Å². The van der Waals surface area contributed by atoms with Crippen LogP contribution in [0.4, 0.5) is 0 Å². The molecule has 10 heavy (non-hydrogen) atoms. The summed E-state index contributed by atoms with van der Waals surface area (Å²) in [4.78, 5) is 0. The van der Waals surface area contributed by atoms with Crippen molar-refractivity contribution in [2.75, 3.05) is 0 Å². The van der Waals surface area contributed by atoms with E-state index in [2.05, 4.69) is 59.0 Å². The van der Waals surface area contributed by atoms with Crippen molar-refractivity contribution in [2.24, 2.45) is 0 Å². The summed E-state index contributed by atoms with van der Waals surface area (Å²) >= 11 is 9.04. The Balaban J connectivity index is 2.92. The van der Waals surface area contributed by atoms with Gasteiger partial charge in [-0.1, -0.05) is 15.9 Å². The van der Waals surface area contributed by atoms with Crippen LogP contribution in [0.2, 0.25) is 0 Å². The standard InChI is InChI=1S/C4H4Br2IN2P/c5-1-4-3(6)2-9(8-4)10-7/h2,10H,1H2. The number of halogens is 3. The molecule has 1 rings (SSSR count). The van der Waals surface area contributed by atoms with Gasteiger partial charge in [-0.25, -0.2) is 4.45 Å². The van der Waals surface area contributed by atoms with E-state index < -0.39 is 0 Å². The third-order valence-corrected chi connectivity index (χ3v) is 4.03. The highest BCUT2D eigenvalue weighted by molar-refractivity contribution is 14.2. The summed E-state index contributed by atoms with van der Waals surface area (Å²) in [5.41, 5.74) is 1.06. The largest absolute Gasteiger partial charge is 0.244 e. The molecule has 0 aliphatic carbocycles. The minimum atomic E-state index is 0.675. The molecule has 0 bridgehead atoms. The SMILES string of the molecule is BrCc1nn(PI)cc1Br. The van der Waals surface area contributed by atoms with E-state index in [0.717, 1.165) is 15.5 Å². The summed E-state index contributed by atoms with van der Waals surface area (Å²) < 4.78 is 3.00. The quantitative estimate of drug-likeness (QED) is 0.425. The third-order valence-electron chi connectivity index (χ3n) is 0.953. The number of hydrogen-bond acceptors (Lipinski definition) is 1. The summed E-state index contributed by atoms with van der Waals surface area (Å²) in [7, 11) is 0. The maximum Gasteiger partial charge on any atom is 0.0875 e. The molecule has 0 saturated carbocycles. The Hall–Kier alpha value is 1.33. The first-order valence-corrected chi connectivity index (χ1v) is 8.42. The molecule has 0 fully saturated rings. The normalized spacial score (nSPS) is 11.5. The van der Waals surface area contributed by atoms with E-state index in [1.54, 1.807) is 0 Å². The van der Waals surface area contributed by atoms with Gasteiger partial charge in [0.2, 0.25) is 0 Å². The van der Waals surface area contributed by atoms with Crippen LogP contribution in [0.3, 0.4) is 0 Å². The molecule has 1 atom stereocenters. The highest BCUT2D eigenvalue weighted by atomic mass is 127. The molecule has 1 unspecified atom stereocenters. The van der Waals surface area contributed by atoms with Gasteiger partial charge in [0.05, 0.1) is 16.5 Å². The van der Waals surface area contributed by atoms with Crippen molar-refractivity contribution in [2.45, 2.75) is 5.33 Å². The van der Waals surface area contributed by atoms with Gasteiger partial charge in [-0.3, -0.25) is 0 Å². The second-order valence-corrected chi connectivity index (χ2v) is 5.08. The predicted molar refractivity (Wildman–Crippen MR) is 60.3 cm³/mol.